The molecular formula is C13H20N2O4. The van der Waals surface area contributed by atoms with Crippen LogP contribution in [0.3, 0.4) is 0 Å². The van der Waals surface area contributed by atoms with E-state index in [4.69, 9.17) is 9.52 Å². The number of carbonyl (C=O) groups excluding carboxylic acids is 1. The third-order valence-corrected chi connectivity index (χ3v) is 2.26. The highest BCUT2D eigenvalue weighted by Crippen LogP contribution is 2.14. The zero-order valence-corrected chi connectivity index (χ0v) is 11.7. The highest BCUT2D eigenvalue weighted by atomic mass is 16.4. The lowest BCUT2D eigenvalue weighted by atomic mass is 10.1. The number of hydrogen-bond donors (Lipinski definition) is 3. The van der Waals surface area contributed by atoms with Crippen LogP contribution < -0.4 is 10.6 Å². The van der Waals surface area contributed by atoms with Crippen molar-refractivity contribution in [1.82, 2.24) is 10.6 Å². The van der Waals surface area contributed by atoms with E-state index in [9.17, 15) is 9.59 Å². The van der Waals surface area contributed by atoms with E-state index >= 15 is 0 Å². The number of hydrogen-bond acceptors (Lipinski definition) is 4. The van der Waals surface area contributed by atoms with Crippen molar-refractivity contribution in [2.45, 2.75) is 39.8 Å². The first-order valence-electron chi connectivity index (χ1n) is 6.03. The molecule has 19 heavy (non-hydrogen) atoms. The van der Waals surface area contributed by atoms with Crippen molar-refractivity contribution in [2.24, 2.45) is 0 Å². The Morgan fingerprint density at radius 3 is 2.47 bits per heavy atom. The smallest absolute Gasteiger partial charge is 0.372 e. The molecule has 0 aromatic carbocycles. The van der Waals surface area contributed by atoms with Crippen molar-refractivity contribution in [1.29, 1.82) is 0 Å². The van der Waals surface area contributed by atoms with Crippen LogP contribution in [0.1, 0.15) is 42.6 Å². The lowest BCUT2D eigenvalue weighted by Gasteiger charge is -2.20. The quantitative estimate of drug-likeness (QED) is 0.748. The van der Waals surface area contributed by atoms with Crippen molar-refractivity contribution in [3.8, 4) is 0 Å². The van der Waals surface area contributed by atoms with Crippen LogP contribution in [0.5, 0.6) is 0 Å². The Morgan fingerprint density at radius 1 is 1.37 bits per heavy atom. The van der Waals surface area contributed by atoms with Gasteiger partial charge in [0.2, 0.25) is 11.7 Å². The highest BCUT2D eigenvalue weighted by molar-refractivity contribution is 5.86. The van der Waals surface area contributed by atoms with Gasteiger partial charge >= 0.3 is 5.97 Å². The summed E-state index contributed by atoms with van der Waals surface area (Å²) in [6, 6.07) is 1.65. The second-order valence-corrected chi connectivity index (χ2v) is 5.43. The van der Waals surface area contributed by atoms with E-state index in [1.165, 1.54) is 0 Å². The van der Waals surface area contributed by atoms with Crippen LogP contribution in [-0.4, -0.2) is 29.1 Å². The van der Waals surface area contributed by atoms with Crippen LogP contribution >= 0.6 is 0 Å². The van der Waals surface area contributed by atoms with Crippen LogP contribution in [0.25, 0.3) is 0 Å². The van der Waals surface area contributed by atoms with Gasteiger partial charge in [0.25, 0.3) is 0 Å². The van der Waals surface area contributed by atoms with Crippen molar-refractivity contribution in [3.05, 3.63) is 23.2 Å². The summed E-state index contributed by atoms with van der Waals surface area (Å²) in [6.45, 7) is 7.84. The van der Waals surface area contributed by atoms with Gasteiger partial charge in [0, 0.05) is 11.1 Å². The molecule has 106 valence electrons. The standard InChI is InChI=1S/C13H20N2O4/c1-8-5-9(19-11(8)12(17)18)6-14-7-10(16)15-13(2,3)4/h5,14H,6-7H2,1-4H3,(H,15,16)(H,17,18). The molecule has 0 atom stereocenters. The molecule has 0 saturated carbocycles. The van der Waals surface area contributed by atoms with Gasteiger partial charge in [-0.3, -0.25) is 4.79 Å². The molecule has 0 aliphatic rings. The Balaban J connectivity index is 2.44. The molecule has 1 rings (SSSR count). The molecule has 0 fully saturated rings. The number of carbonyl (C=O) groups is 2. The monoisotopic (exact) mass is 268 g/mol. The molecule has 0 aliphatic carbocycles. The fraction of sp³-hybridized carbons (Fsp3) is 0.538. The third kappa shape index (κ3) is 5.13. The summed E-state index contributed by atoms with van der Waals surface area (Å²) in [4.78, 5) is 22.3. The van der Waals surface area contributed by atoms with E-state index < -0.39 is 5.97 Å². The molecule has 3 N–H and O–H groups in total. The maximum absolute atomic E-state index is 11.5. The van der Waals surface area contributed by atoms with Gasteiger partial charge < -0.3 is 20.2 Å². The van der Waals surface area contributed by atoms with E-state index in [2.05, 4.69) is 10.6 Å². The van der Waals surface area contributed by atoms with Gasteiger partial charge in [-0.25, -0.2) is 4.79 Å². The fourth-order valence-corrected chi connectivity index (χ4v) is 1.61. The number of nitrogens with one attached hydrogen (secondary N) is 2. The van der Waals surface area contributed by atoms with Crippen molar-refractivity contribution >= 4 is 11.9 Å². The number of furan rings is 1. The van der Waals surface area contributed by atoms with Crippen molar-refractivity contribution < 1.29 is 19.1 Å². The first kappa shape index (κ1) is 15.2. The predicted molar refractivity (Wildman–Crippen MR) is 70.0 cm³/mol. The maximum atomic E-state index is 11.5. The van der Waals surface area contributed by atoms with Gasteiger partial charge in [-0.05, 0) is 33.8 Å². The highest BCUT2D eigenvalue weighted by Gasteiger charge is 2.15. The number of carboxylic acid groups (broad SMARTS) is 1. The van der Waals surface area contributed by atoms with Gasteiger partial charge in [0.05, 0.1) is 13.1 Å². The molecule has 1 aromatic rings. The van der Waals surface area contributed by atoms with E-state index in [0.717, 1.165) is 0 Å². The number of aromatic carboxylic acids is 1. The van der Waals surface area contributed by atoms with Crippen molar-refractivity contribution in [2.75, 3.05) is 6.54 Å². The second kappa shape index (κ2) is 5.88. The number of aryl methyl sites for hydroxylation is 1. The Kier molecular flexibility index (Phi) is 4.72. The van der Waals surface area contributed by atoms with Crippen LogP contribution in [0.4, 0.5) is 0 Å². The van der Waals surface area contributed by atoms with Crippen LogP contribution in [0, 0.1) is 6.92 Å². The van der Waals surface area contributed by atoms with Gasteiger partial charge in [0.15, 0.2) is 0 Å². The fourth-order valence-electron chi connectivity index (χ4n) is 1.61. The molecule has 0 saturated heterocycles. The Labute approximate surface area is 112 Å². The molecule has 1 amide bonds. The van der Waals surface area contributed by atoms with Crippen LogP contribution in [-0.2, 0) is 11.3 Å². The van der Waals surface area contributed by atoms with E-state index in [-0.39, 0.29) is 23.8 Å². The summed E-state index contributed by atoms with van der Waals surface area (Å²) in [5.74, 6) is -0.766. The van der Waals surface area contributed by atoms with Gasteiger partial charge in [-0.1, -0.05) is 0 Å². The molecule has 1 aromatic heterocycles. The third-order valence-electron chi connectivity index (χ3n) is 2.26. The minimum atomic E-state index is -1.09. The summed E-state index contributed by atoms with van der Waals surface area (Å²) in [7, 11) is 0. The molecule has 0 unspecified atom stereocenters. The molecule has 0 radical (unpaired) electrons. The lowest BCUT2D eigenvalue weighted by molar-refractivity contribution is -0.121. The summed E-state index contributed by atoms with van der Waals surface area (Å²) in [5.41, 5.74) is 0.305. The molecule has 0 spiro atoms. The van der Waals surface area contributed by atoms with Gasteiger partial charge in [-0.15, -0.1) is 0 Å². The van der Waals surface area contributed by atoms with Crippen LogP contribution in [0.15, 0.2) is 10.5 Å². The molecule has 0 bridgehead atoms. The number of amides is 1. The summed E-state index contributed by atoms with van der Waals surface area (Å²) < 4.78 is 5.16. The second-order valence-electron chi connectivity index (χ2n) is 5.43. The number of carboxylic acids is 1. The zero-order chi connectivity index (χ0) is 14.6. The van der Waals surface area contributed by atoms with Crippen LogP contribution in [0.2, 0.25) is 0 Å². The minimum absolute atomic E-state index is 0.0593. The first-order valence-corrected chi connectivity index (χ1v) is 6.03. The van der Waals surface area contributed by atoms with Gasteiger partial charge in [-0.2, -0.15) is 0 Å². The SMILES string of the molecule is Cc1cc(CNCC(=O)NC(C)(C)C)oc1C(=O)O. The van der Waals surface area contributed by atoms with Gasteiger partial charge in [0.1, 0.15) is 5.76 Å². The number of rotatable bonds is 5. The Bertz CT molecular complexity index is 471. The van der Waals surface area contributed by atoms with Crippen molar-refractivity contribution in [3.63, 3.8) is 0 Å². The lowest BCUT2D eigenvalue weighted by Crippen LogP contribution is -2.44. The largest absolute Gasteiger partial charge is 0.475 e. The average molecular weight is 268 g/mol. The molecule has 6 heteroatoms. The van der Waals surface area contributed by atoms with E-state index in [1.54, 1.807) is 13.0 Å². The Morgan fingerprint density at radius 2 is 2.00 bits per heavy atom. The normalized spacial score (nSPS) is 11.4. The predicted octanol–water partition coefficient (Wildman–Crippen LogP) is 1.29. The first-order chi connectivity index (χ1) is 8.69. The minimum Gasteiger partial charge on any atom is -0.475 e. The molecule has 6 nitrogen and oxygen atoms in total. The summed E-state index contributed by atoms with van der Waals surface area (Å²) in [6.07, 6.45) is 0. The molecule has 0 aliphatic heterocycles. The van der Waals surface area contributed by atoms with E-state index in [1.807, 2.05) is 20.8 Å². The average Bonchev–Trinajstić information content (AvgIpc) is 2.57. The summed E-state index contributed by atoms with van der Waals surface area (Å²) >= 11 is 0. The topological polar surface area (TPSA) is 91.6 Å². The maximum Gasteiger partial charge on any atom is 0.372 e. The summed E-state index contributed by atoms with van der Waals surface area (Å²) in [5, 5.41) is 14.6. The zero-order valence-electron chi connectivity index (χ0n) is 11.7. The Hall–Kier alpha value is -1.82. The molecular weight excluding hydrogens is 248 g/mol. The molecule has 1 heterocycles. The van der Waals surface area contributed by atoms with E-state index in [0.29, 0.717) is 17.9 Å².